The van der Waals surface area contributed by atoms with Gasteiger partial charge >= 0.3 is 0 Å². The Bertz CT molecular complexity index is 849. The molecule has 1 amide bonds. The maximum Gasteiger partial charge on any atom is 0.274 e. The summed E-state index contributed by atoms with van der Waals surface area (Å²) >= 11 is 8.03. The number of amides is 1. The predicted octanol–water partition coefficient (Wildman–Crippen LogP) is 4.97. The summed E-state index contributed by atoms with van der Waals surface area (Å²) in [5, 5.41) is 4.08. The van der Waals surface area contributed by atoms with Crippen LogP contribution in [0.1, 0.15) is 53.4 Å². The maximum atomic E-state index is 11.1. The molecule has 1 heterocycles. The van der Waals surface area contributed by atoms with Gasteiger partial charge in [-0.05, 0) is 58.6 Å². The Morgan fingerprint density at radius 2 is 2.14 bits per heavy atom. The molecule has 0 unspecified atom stereocenters. The fourth-order valence-electron chi connectivity index (χ4n) is 3.56. The molecule has 0 saturated heterocycles. The number of hydrogen-bond donors (Lipinski definition) is 1. The highest BCUT2D eigenvalue weighted by Crippen LogP contribution is 2.41. The molecule has 1 aromatic carbocycles. The average Bonchev–Trinajstić information content (AvgIpc) is 3.08. The summed E-state index contributed by atoms with van der Waals surface area (Å²) in [6.45, 7) is 8.63. The number of benzene rings is 1. The summed E-state index contributed by atoms with van der Waals surface area (Å²) in [6.07, 6.45) is 3.70. The van der Waals surface area contributed by atoms with Crippen LogP contribution in [0.5, 0.6) is 10.9 Å². The summed E-state index contributed by atoms with van der Waals surface area (Å²) in [6, 6.07) is 3.82. The summed E-state index contributed by atoms with van der Waals surface area (Å²) in [5.41, 5.74) is 0.637. The monoisotopic (exact) mass is 440 g/mol. The zero-order valence-electron chi connectivity index (χ0n) is 17.4. The summed E-state index contributed by atoms with van der Waals surface area (Å²) in [5.74, 6) is 0.659. The van der Waals surface area contributed by atoms with Crippen molar-refractivity contribution in [3.05, 3.63) is 17.2 Å². The molecule has 8 heteroatoms. The van der Waals surface area contributed by atoms with Gasteiger partial charge in [0.1, 0.15) is 10.8 Å². The van der Waals surface area contributed by atoms with Crippen LogP contribution >= 0.6 is 22.9 Å². The Kier molecular flexibility index (Phi) is 7.24. The average molecular weight is 441 g/mol. The van der Waals surface area contributed by atoms with Gasteiger partial charge in [0.25, 0.3) is 5.19 Å². The number of ether oxygens (including phenoxy) is 3. The van der Waals surface area contributed by atoms with Crippen LogP contribution in [-0.2, 0) is 9.53 Å². The second-order valence-corrected chi connectivity index (χ2v) is 9.16. The SMILES string of the molecule is CCOc1nc2ccc(O[C@H]3CC[C@@](C)(OC[C@H](C)NC(C)=O)CC3)c(Cl)c2s1. The first-order chi connectivity index (χ1) is 13.8. The van der Waals surface area contributed by atoms with Crippen LogP contribution in [0.15, 0.2) is 12.1 Å². The number of carbonyl (C=O) groups excluding carboxylic acids is 1. The Balaban J connectivity index is 1.56. The largest absolute Gasteiger partial charge is 0.489 e. The van der Waals surface area contributed by atoms with Crippen LogP contribution in [0.4, 0.5) is 0 Å². The standard InChI is InChI=1S/C21H29ClN2O4S/c1-5-26-20-24-16-6-7-17(18(22)19(16)29-20)28-15-8-10-21(4,11-9-15)27-12-13(2)23-14(3)25/h6-7,13,15H,5,8-12H2,1-4H3,(H,23,25)/t13-,15-,21+/m0/s1. The second kappa shape index (κ2) is 9.49. The van der Waals surface area contributed by atoms with Crippen molar-refractivity contribution in [2.45, 2.75) is 71.1 Å². The van der Waals surface area contributed by atoms with Gasteiger partial charge in [0, 0.05) is 13.0 Å². The van der Waals surface area contributed by atoms with Gasteiger partial charge in [-0.2, -0.15) is 0 Å². The lowest BCUT2D eigenvalue weighted by molar-refractivity contribution is -0.121. The molecule has 0 aliphatic heterocycles. The van der Waals surface area contributed by atoms with Crippen molar-refractivity contribution in [3.8, 4) is 10.9 Å². The van der Waals surface area contributed by atoms with Gasteiger partial charge in [-0.3, -0.25) is 4.79 Å². The molecule has 0 bridgehead atoms. The molecule has 1 atom stereocenters. The third kappa shape index (κ3) is 5.74. The van der Waals surface area contributed by atoms with E-state index in [2.05, 4.69) is 17.2 Å². The van der Waals surface area contributed by atoms with Crippen LogP contribution in [0.3, 0.4) is 0 Å². The third-order valence-corrected chi connectivity index (χ3v) is 6.61. The molecule has 1 fully saturated rings. The lowest BCUT2D eigenvalue weighted by Gasteiger charge is -2.38. The zero-order chi connectivity index (χ0) is 21.0. The van der Waals surface area contributed by atoms with Crippen molar-refractivity contribution < 1.29 is 19.0 Å². The van der Waals surface area contributed by atoms with E-state index < -0.39 is 0 Å². The molecule has 1 aliphatic rings. The minimum Gasteiger partial charge on any atom is -0.489 e. The number of aromatic nitrogens is 1. The van der Waals surface area contributed by atoms with Crippen LogP contribution in [0, 0.1) is 0 Å². The summed E-state index contributed by atoms with van der Waals surface area (Å²) < 4.78 is 18.7. The first-order valence-electron chi connectivity index (χ1n) is 10.1. The minimum atomic E-state index is -0.190. The molecule has 3 rings (SSSR count). The molecular formula is C21H29ClN2O4S. The molecule has 1 aromatic heterocycles. The number of hydrogen-bond acceptors (Lipinski definition) is 6. The van der Waals surface area contributed by atoms with E-state index in [4.69, 9.17) is 25.8 Å². The fourth-order valence-corrected chi connectivity index (χ4v) is 4.78. The molecular weight excluding hydrogens is 412 g/mol. The third-order valence-electron chi connectivity index (χ3n) is 5.13. The van der Waals surface area contributed by atoms with E-state index in [1.165, 1.54) is 18.3 Å². The Hall–Kier alpha value is -1.57. The number of thiazole rings is 1. The summed E-state index contributed by atoms with van der Waals surface area (Å²) in [7, 11) is 0. The number of nitrogens with zero attached hydrogens (tertiary/aromatic N) is 1. The number of rotatable bonds is 8. The van der Waals surface area contributed by atoms with Crippen molar-refractivity contribution >= 4 is 39.1 Å². The fraction of sp³-hybridized carbons (Fsp3) is 0.619. The molecule has 0 radical (unpaired) electrons. The van der Waals surface area contributed by atoms with E-state index in [1.807, 2.05) is 26.0 Å². The number of nitrogens with one attached hydrogen (secondary N) is 1. The quantitative estimate of drug-likeness (QED) is 0.627. The highest BCUT2D eigenvalue weighted by Gasteiger charge is 2.33. The number of fused-ring (bicyclic) bond motifs is 1. The minimum absolute atomic E-state index is 0.00446. The van der Waals surface area contributed by atoms with Gasteiger partial charge in [0.2, 0.25) is 5.91 Å². The normalized spacial score (nSPS) is 23.0. The Labute approximate surface area is 180 Å². The number of carbonyl (C=O) groups is 1. The predicted molar refractivity (Wildman–Crippen MR) is 116 cm³/mol. The lowest BCUT2D eigenvalue weighted by Crippen LogP contribution is -2.42. The highest BCUT2D eigenvalue weighted by molar-refractivity contribution is 7.20. The van der Waals surface area contributed by atoms with Gasteiger partial charge in [0.05, 0.1) is 35.1 Å². The molecule has 1 aliphatic carbocycles. The van der Waals surface area contributed by atoms with Gasteiger partial charge in [-0.25, -0.2) is 4.98 Å². The van der Waals surface area contributed by atoms with Crippen molar-refractivity contribution in [3.63, 3.8) is 0 Å². The Morgan fingerprint density at radius 1 is 1.41 bits per heavy atom. The van der Waals surface area contributed by atoms with E-state index in [1.54, 1.807) is 0 Å². The van der Waals surface area contributed by atoms with E-state index >= 15 is 0 Å². The van der Waals surface area contributed by atoms with Crippen molar-refractivity contribution in [1.82, 2.24) is 10.3 Å². The maximum absolute atomic E-state index is 11.1. The molecule has 160 valence electrons. The Morgan fingerprint density at radius 3 is 2.79 bits per heavy atom. The van der Waals surface area contributed by atoms with Crippen LogP contribution < -0.4 is 14.8 Å². The number of halogens is 1. The molecule has 29 heavy (non-hydrogen) atoms. The second-order valence-electron chi connectivity index (χ2n) is 7.82. The first kappa shape index (κ1) is 22.1. The lowest BCUT2D eigenvalue weighted by atomic mass is 9.84. The van der Waals surface area contributed by atoms with E-state index in [9.17, 15) is 4.79 Å². The smallest absolute Gasteiger partial charge is 0.274 e. The molecule has 6 nitrogen and oxygen atoms in total. The van der Waals surface area contributed by atoms with E-state index in [0.717, 1.165) is 35.9 Å². The van der Waals surface area contributed by atoms with Gasteiger partial charge in [0.15, 0.2) is 0 Å². The highest BCUT2D eigenvalue weighted by atomic mass is 35.5. The zero-order valence-corrected chi connectivity index (χ0v) is 19.0. The van der Waals surface area contributed by atoms with Gasteiger partial charge in [-0.1, -0.05) is 22.9 Å². The topological polar surface area (TPSA) is 69.7 Å². The molecule has 0 spiro atoms. The molecule has 2 aromatic rings. The van der Waals surface area contributed by atoms with Crippen LogP contribution in [0.2, 0.25) is 5.02 Å². The van der Waals surface area contributed by atoms with Crippen molar-refractivity contribution in [2.24, 2.45) is 0 Å². The van der Waals surface area contributed by atoms with Gasteiger partial charge in [-0.15, -0.1) is 0 Å². The molecule has 1 N–H and O–H groups in total. The van der Waals surface area contributed by atoms with Crippen LogP contribution in [-0.4, -0.2) is 41.9 Å². The van der Waals surface area contributed by atoms with E-state index in [0.29, 0.717) is 29.2 Å². The first-order valence-corrected chi connectivity index (χ1v) is 11.3. The molecule has 1 saturated carbocycles. The van der Waals surface area contributed by atoms with Gasteiger partial charge < -0.3 is 19.5 Å². The van der Waals surface area contributed by atoms with E-state index in [-0.39, 0.29) is 23.7 Å². The summed E-state index contributed by atoms with van der Waals surface area (Å²) in [4.78, 5) is 15.6. The van der Waals surface area contributed by atoms with Crippen LogP contribution in [0.25, 0.3) is 10.2 Å². The van der Waals surface area contributed by atoms with Crippen molar-refractivity contribution in [2.75, 3.05) is 13.2 Å². The van der Waals surface area contributed by atoms with Crippen molar-refractivity contribution in [1.29, 1.82) is 0 Å².